The highest BCUT2D eigenvalue weighted by atomic mass is 32.2. The maximum atomic E-state index is 12.5. The van der Waals surface area contributed by atoms with Crippen molar-refractivity contribution in [3.05, 3.63) is 54.1 Å². The van der Waals surface area contributed by atoms with Crippen molar-refractivity contribution in [3.8, 4) is 0 Å². The molecule has 0 atom stereocenters. The van der Waals surface area contributed by atoms with Crippen LogP contribution in [0.2, 0.25) is 0 Å². The van der Waals surface area contributed by atoms with Crippen molar-refractivity contribution in [1.82, 2.24) is 4.31 Å². The van der Waals surface area contributed by atoms with Gasteiger partial charge in [-0.15, -0.1) is 0 Å². The molecule has 0 bridgehead atoms. The molecule has 0 spiro atoms. The summed E-state index contributed by atoms with van der Waals surface area (Å²) in [5, 5.41) is 5.80. The standard InChI is InChI=1S/C20H27N3O3S/c1-4-5-14-23(3)27(25,26)19-12-10-17(11-13-19)21-15-20(24)22-18-8-6-16(2)7-9-18/h6-13,21H,4-5,14-15H2,1-3H3,(H,22,24). The van der Waals surface area contributed by atoms with Gasteiger partial charge in [-0.25, -0.2) is 12.7 Å². The predicted octanol–water partition coefficient (Wildman–Crippen LogP) is 3.47. The van der Waals surface area contributed by atoms with Gasteiger partial charge in [-0.1, -0.05) is 31.0 Å². The zero-order valence-electron chi connectivity index (χ0n) is 16.0. The zero-order valence-corrected chi connectivity index (χ0v) is 16.8. The lowest BCUT2D eigenvalue weighted by Crippen LogP contribution is -2.27. The molecule has 146 valence electrons. The number of unbranched alkanes of at least 4 members (excludes halogenated alkanes) is 1. The average molecular weight is 390 g/mol. The molecular weight excluding hydrogens is 362 g/mol. The Bertz CT molecular complexity index is 847. The van der Waals surface area contributed by atoms with E-state index in [0.29, 0.717) is 12.2 Å². The van der Waals surface area contributed by atoms with Gasteiger partial charge >= 0.3 is 0 Å². The van der Waals surface area contributed by atoms with Crippen LogP contribution in [0.25, 0.3) is 0 Å². The van der Waals surface area contributed by atoms with Gasteiger partial charge in [0.25, 0.3) is 0 Å². The molecule has 0 saturated heterocycles. The van der Waals surface area contributed by atoms with Crippen molar-refractivity contribution in [2.75, 3.05) is 30.8 Å². The number of benzene rings is 2. The molecule has 27 heavy (non-hydrogen) atoms. The van der Waals surface area contributed by atoms with E-state index < -0.39 is 10.0 Å². The number of sulfonamides is 1. The number of aryl methyl sites for hydroxylation is 1. The summed E-state index contributed by atoms with van der Waals surface area (Å²) in [6.07, 6.45) is 1.76. The zero-order chi connectivity index (χ0) is 19.9. The number of rotatable bonds is 9. The third-order valence-corrected chi connectivity index (χ3v) is 6.05. The summed E-state index contributed by atoms with van der Waals surface area (Å²) in [5.74, 6) is -0.171. The second-order valence-electron chi connectivity index (χ2n) is 6.47. The minimum absolute atomic E-state index is 0.0936. The fourth-order valence-electron chi connectivity index (χ4n) is 2.45. The highest BCUT2D eigenvalue weighted by Crippen LogP contribution is 2.18. The van der Waals surface area contributed by atoms with Gasteiger partial charge in [0.2, 0.25) is 15.9 Å². The lowest BCUT2D eigenvalue weighted by atomic mass is 10.2. The van der Waals surface area contributed by atoms with Gasteiger partial charge in [-0.3, -0.25) is 4.79 Å². The molecule has 2 N–H and O–H groups in total. The quantitative estimate of drug-likeness (QED) is 0.688. The van der Waals surface area contributed by atoms with Gasteiger partial charge in [0, 0.05) is 25.0 Å². The number of anilines is 2. The molecule has 7 heteroatoms. The molecule has 1 amide bonds. The van der Waals surface area contributed by atoms with Crippen LogP contribution in [0.1, 0.15) is 25.3 Å². The van der Waals surface area contributed by atoms with E-state index in [2.05, 4.69) is 10.6 Å². The first-order chi connectivity index (χ1) is 12.8. The molecule has 2 aromatic rings. The van der Waals surface area contributed by atoms with Crippen LogP contribution in [0.3, 0.4) is 0 Å². The molecule has 0 aliphatic rings. The van der Waals surface area contributed by atoms with Crippen LogP contribution in [0.5, 0.6) is 0 Å². The third kappa shape index (κ3) is 6.08. The summed E-state index contributed by atoms with van der Waals surface area (Å²) >= 11 is 0. The van der Waals surface area contributed by atoms with Crippen LogP contribution in [-0.2, 0) is 14.8 Å². The first-order valence-corrected chi connectivity index (χ1v) is 10.4. The van der Waals surface area contributed by atoms with Crippen molar-refractivity contribution in [1.29, 1.82) is 0 Å². The number of nitrogens with one attached hydrogen (secondary N) is 2. The number of hydrogen-bond acceptors (Lipinski definition) is 4. The van der Waals surface area contributed by atoms with Crippen LogP contribution in [0.15, 0.2) is 53.4 Å². The Balaban J connectivity index is 1.91. The minimum atomic E-state index is -3.48. The predicted molar refractivity (Wildman–Crippen MR) is 109 cm³/mol. The highest BCUT2D eigenvalue weighted by Gasteiger charge is 2.19. The maximum absolute atomic E-state index is 12.5. The topological polar surface area (TPSA) is 78.5 Å². The van der Waals surface area contributed by atoms with Crippen molar-refractivity contribution in [2.45, 2.75) is 31.6 Å². The summed E-state index contributed by atoms with van der Waals surface area (Å²) in [4.78, 5) is 12.3. The summed E-state index contributed by atoms with van der Waals surface area (Å²) < 4.78 is 26.3. The second-order valence-corrected chi connectivity index (χ2v) is 8.52. The number of carbonyl (C=O) groups excluding carboxylic acids is 1. The van der Waals surface area contributed by atoms with E-state index in [4.69, 9.17) is 0 Å². The van der Waals surface area contributed by atoms with Crippen LogP contribution in [-0.4, -0.2) is 38.8 Å². The minimum Gasteiger partial charge on any atom is -0.376 e. The fraction of sp³-hybridized carbons (Fsp3) is 0.350. The van der Waals surface area contributed by atoms with Gasteiger partial charge in [-0.2, -0.15) is 0 Å². The van der Waals surface area contributed by atoms with Gasteiger partial charge in [0.05, 0.1) is 11.4 Å². The lowest BCUT2D eigenvalue weighted by molar-refractivity contribution is -0.114. The normalized spacial score (nSPS) is 11.4. The van der Waals surface area contributed by atoms with E-state index in [9.17, 15) is 13.2 Å². The molecule has 6 nitrogen and oxygen atoms in total. The fourth-order valence-corrected chi connectivity index (χ4v) is 3.66. The number of carbonyl (C=O) groups is 1. The molecule has 2 rings (SSSR count). The Morgan fingerprint density at radius 2 is 1.59 bits per heavy atom. The molecule has 2 aromatic carbocycles. The summed E-state index contributed by atoms with van der Waals surface area (Å²) in [7, 11) is -1.89. The Morgan fingerprint density at radius 3 is 2.19 bits per heavy atom. The molecule has 0 unspecified atom stereocenters. The van der Waals surface area contributed by atoms with Gasteiger partial charge in [0.15, 0.2) is 0 Å². The van der Waals surface area contributed by atoms with E-state index >= 15 is 0 Å². The third-order valence-electron chi connectivity index (χ3n) is 4.18. The summed E-state index contributed by atoms with van der Waals surface area (Å²) in [6.45, 7) is 4.60. The highest BCUT2D eigenvalue weighted by molar-refractivity contribution is 7.89. The molecule has 0 aliphatic heterocycles. The van der Waals surface area contributed by atoms with Crippen molar-refractivity contribution in [2.24, 2.45) is 0 Å². The maximum Gasteiger partial charge on any atom is 0.243 e. The van der Waals surface area contributed by atoms with Crippen LogP contribution in [0.4, 0.5) is 11.4 Å². The van der Waals surface area contributed by atoms with Crippen LogP contribution in [0, 0.1) is 6.92 Å². The first kappa shape index (κ1) is 20.9. The Morgan fingerprint density at radius 1 is 1.00 bits per heavy atom. The van der Waals surface area contributed by atoms with Gasteiger partial charge in [-0.05, 0) is 49.7 Å². The molecule has 0 heterocycles. The van der Waals surface area contributed by atoms with Crippen molar-refractivity contribution in [3.63, 3.8) is 0 Å². The number of amides is 1. The van der Waals surface area contributed by atoms with E-state index in [1.165, 1.54) is 4.31 Å². The molecular formula is C20H27N3O3S. The average Bonchev–Trinajstić information content (AvgIpc) is 2.66. The Hall–Kier alpha value is -2.38. The number of nitrogens with zero attached hydrogens (tertiary/aromatic N) is 1. The van der Waals surface area contributed by atoms with Crippen molar-refractivity contribution < 1.29 is 13.2 Å². The largest absolute Gasteiger partial charge is 0.376 e. The van der Waals surface area contributed by atoms with Gasteiger partial charge in [0.1, 0.15) is 0 Å². The molecule has 0 aromatic heterocycles. The first-order valence-electron chi connectivity index (χ1n) is 8.99. The van der Waals surface area contributed by atoms with Crippen LogP contribution < -0.4 is 10.6 Å². The van der Waals surface area contributed by atoms with E-state index in [1.807, 2.05) is 38.1 Å². The van der Waals surface area contributed by atoms with E-state index in [1.54, 1.807) is 31.3 Å². The molecule has 0 radical (unpaired) electrons. The molecule has 0 saturated carbocycles. The SMILES string of the molecule is CCCCN(C)S(=O)(=O)c1ccc(NCC(=O)Nc2ccc(C)cc2)cc1. The second kappa shape index (κ2) is 9.53. The Labute approximate surface area is 161 Å². The molecule has 0 fully saturated rings. The monoisotopic (exact) mass is 389 g/mol. The van der Waals surface area contributed by atoms with Crippen molar-refractivity contribution >= 4 is 27.3 Å². The summed E-state index contributed by atoms with van der Waals surface area (Å²) in [6, 6.07) is 14.0. The Kier molecular flexibility index (Phi) is 7.38. The van der Waals surface area contributed by atoms with E-state index in [0.717, 1.165) is 24.1 Å². The molecule has 0 aliphatic carbocycles. The number of hydrogen-bond donors (Lipinski definition) is 2. The smallest absolute Gasteiger partial charge is 0.243 e. The lowest BCUT2D eigenvalue weighted by Gasteiger charge is -2.17. The van der Waals surface area contributed by atoms with E-state index in [-0.39, 0.29) is 17.3 Å². The van der Waals surface area contributed by atoms with Crippen LogP contribution >= 0.6 is 0 Å². The summed E-state index contributed by atoms with van der Waals surface area (Å²) in [5.41, 5.74) is 2.55. The van der Waals surface area contributed by atoms with Gasteiger partial charge < -0.3 is 10.6 Å².